The van der Waals surface area contributed by atoms with Gasteiger partial charge in [-0.15, -0.1) is 10.2 Å². The first-order valence-electron chi connectivity index (χ1n) is 9.14. The molecule has 3 aromatic rings. The van der Waals surface area contributed by atoms with E-state index in [0.29, 0.717) is 5.69 Å². The van der Waals surface area contributed by atoms with Gasteiger partial charge >= 0.3 is 0 Å². The third-order valence-corrected chi connectivity index (χ3v) is 5.00. The van der Waals surface area contributed by atoms with Crippen LogP contribution in [0.3, 0.4) is 0 Å². The molecule has 9 nitrogen and oxygen atoms in total. The summed E-state index contributed by atoms with van der Waals surface area (Å²) in [5.41, 5.74) is 6.45. The van der Waals surface area contributed by atoms with E-state index in [1.807, 2.05) is 0 Å². The normalized spacial score (nSPS) is 11.5. The van der Waals surface area contributed by atoms with Gasteiger partial charge in [0.1, 0.15) is 17.6 Å². The highest BCUT2D eigenvalue weighted by atomic mass is 35.5. The van der Waals surface area contributed by atoms with Crippen LogP contribution in [0.25, 0.3) is 0 Å². The number of nitrogen functional groups attached to an aromatic ring is 1. The third-order valence-electron chi connectivity index (χ3n) is 4.29. The fourth-order valence-corrected chi connectivity index (χ4v) is 3.36. The lowest BCUT2D eigenvalue weighted by Crippen LogP contribution is -2.19. The average molecular weight is 479 g/mol. The zero-order valence-corrected chi connectivity index (χ0v) is 18.3. The molecular formula is C20H17Cl2FN6O3. The summed E-state index contributed by atoms with van der Waals surface area (Å²) in [5.74, 6) is -1.69. The molecule has 1 atom stereocenters. The van der Waals surface area contributed by atoms with Crippen LogP contribution in [0.2, 0.25) is 10.0 Å². The van der Waals surface area contributed by atoms with Crippen molar-refractivity contribution in [3.05, 3.63) is 69.3 Å². The van der Waals surface area contributed by atoms with Crippen molar-refractivity contribution >= 4 is 46.5 Å². The van der Waals surface area contributed by atoms with Crippen molar-refractivity contribution in [1.82, 2.24) is 20.5 Å². The number of halogens is 3. The van der Waals surface area contributed by atoms with Gasteiger partial charge in [0.15, 0.2) is 17.3 Å². The first kappa shape index (κ1) is 23.2. The monoisotopic (exact) mass is 478 g/mol. The van der Waals surface area contributed by atoms with Gasteiger partial charge in [-0.25, -0.2) is 9.37 Å². The second-order valence-electron chi connectivity index (χ2n) is 6.46. The van der Waals surface area contributed by atoms with Crippen molar-refractivity contribution < 1.29 is 18.7 Å². The minimum Gasteiger partial charge on any atom is -0.482 e. The molecule has 0 aliphatic rings. The van der Waals surface area contributed by atoms with E-state index in [2.05, 4.69) is 25.8 Å². The Bertz CT molecular complexity index is 1180. The number of hydrogen-bond acceptors (Lipinski definition) is 7. The Balaban J connectivity index is 1.79. The Labute approximate surface area is 192 Å². The molecule has 32 heavy (non-hydrogen) atoms. The summed E-state index contributed by atoms with van der Waals surface area (Å²) in [6, 6.07) is 6.73. The third kappa shape index (κ3) is 5.04. The molecule has 2 amide bonds. The summed E-state index contributed by atoms with van der Waals surface area (Å²) in [5, 5.41) is 12.5. The zero-order chi connectivity index (χ0) is 23.4. The van der Waals surface area contributed by atoms with Gasteiger partial charge in [-0.2, -0.15) is 0 Å². The van der Waals surface area contributed by atoms with E-state index in [4.69, 9.17) is 33.7 Å². The maximum absolute atomic E-state index is 13.8. The number of pyridine rings is 1. The van der Waals surface area contributed by atoms with E-state index >= 15 is 0 Å². The number of aromatic nitrogens is 3. The molecule has 0 bridgehead atoms. The summed E-state index contributed by atoms with van der Waals surface area (Å²) in [6.45, 7) is 1.59. The Hall–Kier alpha value is -3.50. The average Bonchev–Trinajstić information content (AvgIpc) is 2.78. The topological polar surface area (TPSA) is 132 Å². The molecule has 0 saturated heterocycles. The number of carbonyl (C=O) groups excluding carboxylic acids is 2. The molecule has 1 unspecified atom stereocenters. The minimum absolute atomic E-state index is 0.0298. The quantitative estimate of drug-likeness (QED) is 0.460. The number of nitrogens with two attached hydrogens (primary N) is 1. The smallest absolute Gasteiger partial charge is 0.276 e. The highest BCUT2D eigenvalue weighted by Gasteiger charge is 2.21. The maximum Gasteiger partial charge on any atom is 0.276 e. The Morgan fingerprint density at radius 1 is 1.12 bits per heavy atom. The number of carbonyl (C=O) groups is 2. The van der Waals surface area contributed by atoms with E-state index in [9.17, 15) is 14.0 Å². The Kier molecular flexibility index (Phi) is 7.06. The summed E-state index contributed by atoms with van der Waals surface area (Å²) >= 11 is 12.1. The molecule has 1 aromatic carbocycles. The number of benzene rings is 1. The van der Waals surface area contributed by atoms with E-state index in [1.54, 1.807) is 6.92 Å². The van der Waals surface area contributed by atoms with E-state index < -0.39 is 17.8 Å². The highest BCUT2D eigenvalue weighted by Crippen LogP contribution is 2.35. The van der Waals surface area contributed by atoms with Crippen molar-refractivity contribution in [1.29, 1.82) is 0 Å². The van der Waals surface area contributed by atoms with Crippen LogP contribution in [0.5, 0.6) is 5.75 Å². The second kappa shape index (κ2) is 9.75. The summed E-state index contributed by atoms with van der Waals surface area (Å²) < 4.78 is 19.6. The van der Waals surface area contributed by atoms with E-state index in [1.165, 1.54) is 37.5 Å². The van der Waals surface area contributed by atoms with Crippen LogP contribution in [-0.4, -0.2) is 34.0 Å². The molecule has 166 valence electrons. The van der Waals surface area contributed by atoms with Crippen molar-refractivity contribution in [2.75, 3.05) is 18.1 Å². The first-order valence-corrected chi connectivity index (χ1v) is 9.89. The van der Waals surface area contributed by atoms with Crippen molar-refractivity contribution in [3.63, 3.8) is 0 Å². The van der Waals surface area contributed by atoms with Gasteiger partial charge in [0.25, 0.3) is 11.8 Å². The molecule has 0 fully saturated rings. The van der Waals surface area contributed by atoms with Gasteiger partial charge in [0.2, 0.25) is 0 Å². The molecular weight excluding hydrogens is 462 g/mol. The number of ether oxygens (including phenoxy) is 1. The molecule has 12 heteroatoms. The molecule has 0 radical (unpaired) electrons. The van der Waals surface area contributed by atoms with Crippen LogP contribution >= 0.6 is 23.2 Å². The number of rotatable bonds is 6. The fraction of sp³-hybridized carbons (Fsp3) is 0.150. The Morgan fingerprint density at radius 3 is 2.53 bits per heavy atom. The molecule has 4 N–H and O–H groups in total. The molecule has 2 aromatic heterocycles. The highest BCUT2D eigenvalue weighted by molar-refractivity contribution is 6.36. The van der Waals surface area contributed by atoms with Crippen LogP contribution in [0, 0.1) is 5.82 Å². The number of nitrogens with zero attached hydrogens (tertiary/aromatic N) is 3. The van der Waals surface area contributed by atoms with Crippen LogP contribution in [0.4, 0.5) is 15.9 Å². The Morgan fingerprint density at radius 2 is 1.88 bits per heavy atom. The fourth-order valence-electron chi connectivity index (χ4n) is 2.68. The SMILES string of the molecule is CNC(=O)c1ccc(NC(=O)c2cc(OC(C)c3c(Cl)ccc(F)c3Cl)c(N)nn2)cn1. The summed E-state index contributed by atoms with van der Waals surface area (Å²) in [7, 11) is 1.48. The maximum atomic E-state index is 13.8. The van der Waals surface area contributed by atoms with E-state index in [0.717, 1.165) is 6.07 Å². The zero-order valence-electron chi connectivity index (χ0n) is 16.8. The van der Waals surface area contributed by atoms with Gasteiger partial charge in [-0.05, 0) is 31.2 Å². The predicted molar refractivity (Wildman–Crippen MR) is 117 cm³/mol. The number of hydrogen-bond donors (Lipinski definition) is 3. The lowest BCUT2D eigenvalue weighted by Gasteiger charge is -2.19. The van der Waals surface area contributed by atoms with Gasteiger partial charge in [-0.1, -0.05) is 23.2 Å². The minimum atomic E-state index is -0.811. The molecule has 2 heterocycles. The summed E-state index contributed by atoms with van der Waals surface area (Å²) in [6.07, 6.45) is 0.509. The first-order chi connectivity index (χ1) is 15.2. The van der Waals surface area contributed by atoms with E-state index in [-0.39, 0.29) is 44.5 Å². The van der Waals surface area contributed by atoms with Crippen LogP contribution < -0.4 is 21.1 Å². The van der Waals surface area contributed by atoms with Crippen LogP contribution in [-0.2, 0) is 0 Å². The van der Waals surface area contributed by atoms with Gasteiger partial charge in [0, 0.05) is 23.7 Å². The van der Waals surface area contributed by atoms with Crippen molar-refractivity contribution in [2.45, 2.75) is 13.0 Å². The van der Waals surface area contributed by atoms with Gasteiger partial charge in [0.05, 0.1) is 16.9 Å². The van der Waals surface area contributed by atoms with Gasteiger partial charge < -0.3 is 21.1 Å². The lowest BCUT2D eigenvalue weighted by molar-refractivity contribution is 0.0957. The van der Waals surface area contributed by atoms with Crippen molar-refractivity contribution in [3.8, 4) is 5.75 Å². The number of nitrogens with one attached hydrogen (secondary N) is 2. The molecule has 0 aliphatic carbocycles. The molecule has 0 spiro atoms. The molecule has 0 aliphatic heterocycles. The van der Waals surface area contributed by atoms with Gasteiger partial charge in [-0.3, -0.25) is 9.59 Å². The predicted octanol–water partition coefficient (Wildman–Crippen LogP) is 3.65. The lowest BCUT2D eigenvalue weighted by atomic mass is 10.1. The number of amides is 2. The molecule has 3 rings (SSSR count). The standard InChI is InChI=1S/C20H17Cl2FN6O3/c1-9(16-11(21)4-5-12(23)17(16)22)32-15-7-14(28-29-18(15)24)20(31)27-10-3-6-13(26-8-10)19(30)25-2/h3-9H,1-2H3,(H2,24,29)(H,25,30)(H,27,31). The largest absolute Gasteiger partial charge is 0.482 e. The number of anilines is 2. The second-order valence-corrected chi connectivity index (χ2v) is 7.25. The van der Waals surface area contributed by atoms with Crippen molar-refractivity contribution in [2.24, 2.45) is 0 Å². The van der Waals surface area contributed by atoms with Crippen LogP contribution in [0.1, 0.15) is 39.6 Å². The summed E-state index contributed by atoms with van der Waals surface area (Å²) in [4.78, 5) is 28.1. The van der Waals surface area contributed by atoms with Crippen LogP contribution in [0.15, 0.2) is 36.5 Å². The molecule has 0 saturated carbocycles.